The summed E-state index contributed by atoms with van der Waals surface area (Å²) in [4.78, 5) is 17.1. The van der Waals surface area contributed by atoms with Gasteiger partial charge >= 0.3 is 0 Å². The molecule has 0 aliphatic carbocycles. The highest BCUT2D eigenvalue weighted by Gasteiger charge is 2.12. The molecule has 0 saturated carbocycles. The number of carbonyl (C=O) groups excluding carboxylic acids is 1. The van der Waals surface area contributed by atoms with Crippen LogP contribution in [0.4, 0.5) is 5.69 Å². The van der Waals surface area contributed by atoms with Gasteiger partial charge in [0.1, 0.15) is 5.15 Å². The Morgan fingerprint density at radius 1 is 1.35 bits per heavy atom. The Labute approximate surface area is 127 Å². The van der Waals surface area contributed by atoms with Gasteiger partial charge in [-0.3, -0.25) is 4.79 Å². The van der Waals surface area contributed by atoms with E-state index in [9.17, 15) is 4.79 Å². The van der Waals surface area contributed by atoms with Gasteiger partial charge in [-0.1, -0.05) is 29.8 Å². The number of halogens is 1. The molecule has 0 saturated heterocycles. The van der Waals surface area contributed by atoms with E-state index in [1.54, 1.807) is 30.1 Å². The average Bonchev–Trinajstić information content (AvgIpc) is 2.46. The highest BCUT2D eigenvalue weighted by atomic mass is 35.5. The van der Waals surface area contributed by atoms with Crippen LogP contribution >= 0.6 is 23.4 Å². The Morgan fingerprint density at radius 2 is 2.15 bits per heavy atom. The molecule has 1 amide bonds. The number of para-hydroxylation sites is 1. The Kier molecular flexibility index (Phi) is 5.21. The van der Waals surface area contributed by atoms with E-state index in [0.29, 0.717) is 5.56 Å². The fourth-order valence-electron chi connectivity index (χ4n) is 1.59. The number of thioether (sulfide) groups is 1. The minimum absolute atomic E-state index is 0.196. The van der Waals surface area contributed by atoms with Crippen LogP contribution in [0.1, 0.15) is 10.4 Å². The van der Waals surface area contributed by atoms with E-state index >= 15 is 0 Å². The molecule has 1 N–H and O–H groups in total. The number of nitrogens with one attached hydrogen (secondary N) is 1. The van der Waals surface area contributed by atoms with Crippen LogP contribution in [0, 0.1) is 0 Å². The van der Waals surface area contributed by atoms with Crippen molar-refractivity contribution in [3.8, 4) is 0 Å². The summed E-state index contributed by atoms with van der Waals surface area (Å²) in [6.45, 7) is 3.69. The van der Waals surface area contributed by atoms with Crippen LogP contribution in [-0.4, -0.2) is 16.6 Å². The van der Waals surface area contributed by atoms with E-state index in [-0.39, 0.29) is 11.1 Å². The van der Waals surface area contributed by atoms with Gasteiger partial charge in [0.05, 0.1) is 11.3 Å². The van der Waals surface area contributed by atoms with Crippen molar-refractivity contribution in [2.24, 2.45) is 0 Å². The van der Waals surface area contributed by atoms with Gasteiger partial charge in [-0.25, -0.2) is 4.98 Å². The minimum atomic E-state index is -0.269. The molecular formula is C15H13ClN2OS. The topological polar surface area (TPSA) is 42.0 Å². The maximum atomic E-state index is 12.2. The first-order valence-electron chi connectivity index (χ1n) is 5.97. The van der Waals surface area contributed by atoms with Gasteiger partial charge in [0, 0.05) is 16.8 Å². The molecule has 1 aromatic heterocycles. The second-order valence-corrected chi connectivity index (χ2v) is 5.31. The normalized spacial score (nSPS) is 10.1. The number of carbonyl (C=O) groups is 1. The predicted molar refractivity (Wildman–Crippen MR) is 84.6 cm³/mol. The quantitative estimate of drug-likeness (QED) is 0.510. The molecule has 3 nitrogen and oxygen atoms in total. The van der Waals surface area contributed by atoms with E-state index in [0.717, 1.165) is 16.3 Å². The molecule has 2 aromatic rings. The van der Waals surface area contributed by atoms with E-state index in [2.05, 4.69) is 16.9 Å². The Balaban J connectivity index is 2.20. The van der Waals surface area contributed by atoms with Gasteiger partial charge in [-0.15, -0.1) is 18.3 Å². The number of anilines is 1. The van der Waals surface area contributed by atoms with Crippen molar-refractivity contribution in [3.05, 3.63) is 66.0 Å². The van der Waals surface area contributed by atoms with Crippen molar-refractivity contribution >= 4 is 35.0 Å². The first-order valence-corrected chi connectivity index (χ1v) is 7.33. The van der Waals surface area contributed by atoms with Gasteiger partial charge in [-0.2, -0.15) is 0 Å². The third-order valence-corrected chi connectivity index (χ3v) is 3.87. The highest BCUT2D eigenvalue weighted by molar-refractivity contribution is 7.99. The van der Waals surface area contributed by atoms with Gasteiger partial charge in [0.15, 0.2) is 0 Å². The smallest absolute Gasteiger partial charge is 0.258 e. The summed E-state index contributed by atoms with van der Waals surface area (Å²) in [6, 6.07) is 10.9. The summed E-state index contributed by atoms with van der Waals surface area (Å²) in [5.41, 5.74) is 1.11. The highest BCUT2D eigenvalue weighted by Crippen LogP contribution is 2.27. The number of aromatic nitrogens is 1. The average molecular weight is 305 g/mol. The molecule has 0 bridgehead atoms. The van der Waals surface area contributed by atoms with Crippen LogP contribution in [0.3, 0.4) is 0 Å². The molecule has 0 unspecified atom stereocenters. The fraction of sp³-hybridized carbons (Fsp3) is 0.0667. The third kappa shape index (κ3) is 3.62. The lowest BCUT2D eigenvalue weighted by Crippen LogP contribution is -2.13. The summed E-state index contributed by atoms with van der Waals surface area (Å²) < 4.78 is 0. The van der Waals surface area contributed by atoms with Crippen molar-refractivity contribution in [2.45, 2.75) is 4.90 Å². The van der Waals surface area contributed by atoms with Crippen LogP contribution in [0.5, 0.6) is 0 Å². The van der Waals surface area contributed by atoms with Gasteiger partial charge < -0.3 is 5.32 Å². The lowest BCUT2D eigenvalue weighted by Gasteiger charge is -2.10. The van der Waals surface area contributed by atoms with Crippen LogP contribution in [0.25, 0.3) is 0 Å². The summed E-state index contributed by atoms with van der Waals surface area (Å²) in [6.07, 6.45) is 3.37. The predicted octanol–water partition coefficient (Wildman–Crippen LogP) is 4.27. The molecule has 0 spiro atoms. The largest absolute Gasteiger partial charge is 0.321 e. The first-order chi connectivity index (χ1) is 9.72. The SMILES string of the molecule is C=CCSc1ccccc1NC(=O)c1cccnc1Cl. The molecule has 102 valence electrons. The van der Waals surface area contributed by atoms with E-state index in [1.165, 1.54) is 0 Å². The first kappa shape index (κ1) is 14.6. The van der Waals surface area contributed by atoms with E-state index < -0.39 is 0 Å². The molecular weight excluding hydrogens is 292 g/mol. The summed E-state index contributed by atoms with van der Waals surface area (Å²) in [7, 11) is 0. The molecule has 0 aliphatic rings. The van der Waals surface area contributed by atoms with Crippen molar-refractivity contribution in [2.75, 3.05) is 11.1 Å². The van der Waals surface area contributed by atoms with E-state index in [1.807, 2.05) is 30.3 Å². The number of amides is 1. The van der Waals surface area contributed by atoms with E-state index in [4.69, 9.17) is 11.6 Å². The second kappa shape index (κ2) is 7.12. The summed E-state index contributed by atoms with van der Waals surface area (Å²) >= 11 is 7.53. The summed E-state index contributed by atoms with van der Waals surface area (Å²) in [5.74, 6) is 0.510. The fourth-order valence-corrected chi connectivity index (χ4v) is 2.54. The van der Waals surface area contributed by atoms with Gasteiger partial charge in [0.25, 0.3) is 5.91 Å². The maximum Gasteiger partial charge on any atom is 0.258 e. The Hall–Kier alpha value is -1.78. The molecule has 2 rings (SSSR count). The molecule has 1 heterocycles. The zero-order chi connectivity index (χ0) is 14.4. The molecule has 0 atom stereocenters. The number of nitrogens with zero attached hydrogens (tertiary/aromatic N) is 1. The molecule has 1 aromatic carbocycles. The van der Waals surface area contributed by atoms with Crippen molar-refractivity contribution < 1.29 is 4.79 Å². The number of hydrogen-bond acceptors (Lipinski definition) is 3. The number of pyridine rings is 1. The van der Waals surface area contributed by atoms with Gasteiger partial charge in [-0.05, 0) is 24.3 Å². The monoisotopic (exact) mass is 304 g/mol. The minimum Gasteiger partial charge on any atom is -0.321 e. The molecule has 5 heteroatoms. The van der Waals surface area contributed by atoms with Crippen molar-refractivity contribution in [1.29, 1.82) is 0 Å². The lowest BCUT2D eigenvalue weighted by atomic mass is 10.2. The molecule has 0 fully saturated rings. The number of hydrogen-bond donors (Lipinski definition) is 1. The third-order valence-electron chi connectivity index (χ3n) is 2.50. The zero-order valence-electron chi connectivity index (χ0n) is 10.7. The van der Waals surface area contributed by atoms with Gasteiger partial charge in [0.2, 0.25) is 0 Å². The number of benzene rings is 1. The maximum absolute atomic E-state index is 12.2. The van der Waals surface area contributed by atoms with Crippen LogP contribution in [0.15, 0.2) is 60.1 Å². The molecule has 0 radical (unpaired) electrons. The van der Waals surface area contributed by atoms with Crippen molar-refractivity contribution in [1.82, 2.24) is 4.98 Å². The molecule has 20 heavy (non-hydrogen) atoms. The lowest BCUT2D eigenvalue weighted by molar-refractivity contribution is 0.102. The standard InChI is InChI=1S/C15H13ClN2OS/c1-2-10-20-13-8-4-3-7-12(13)18-15(19)11-6-5-9-17-14(11)16/h2-9H,1,10H2,(H,18,19). The Bertz CT molecular complexity index is 631. The van der Waals surface area contributed by atoms with Crippen LogP contribution in [-0.2, 0) is 0 Å². The molecule has 0 aliphatic heterocycles. The summed E-state index contributed by atoms with van der Waals surface area (Å²) in [5, 5.41) is 3.05. The zero-order valence-corrected chi connectivity index (χ0v) is 12.2. The number of rotatable bonds is 5. The van der Waals surface area contributed by atoms with Crippen molar-refractivity contribution in [3.63, 3.8) is 0 Å². The second-order valence-electron chi connectivity index (χ2n) is 3.89. The van der Waals surface area contributed by atoms with Crippen LogP contribution < -0.4 is 5.32 Å². The van der Waals surface area contributed by atoms with Crippen LogP contribution in [0.2, 0.25) is 5.15 Å². The Morgan fingerprint density at radius 3 is 2.90 bits per heavy atom.